The van der Waals surface area contributed by atoms with E-state index in [1.54, 1.807) is 0 Å². The van der Waals surface area contributed by atoms with Gasteiger partial charge in [-0.3, -0.25) is 9.69 Å². The standard InChI is InChI=1S/C14H19N3O2/c1-14(2,3)16-13(19)17-10-7-5-4-6-9(10)8-11(17)12(15)18/h4-7,11H,8H2,1-3H3,(H2,15,18)(H,16,19). The van der Waals surface area contributed by atoms with Crippen LogP contribution < -0.4 is 16.0 Å². The number of carbonyl (C=O) groups is 2. The lowest BCUT2D eigenvalue weighted by atomic mass is 10.1. The van der Waals surface area contributed by atoms with Crippen LogP contribution in [-0.2, 0) is 11.2 Å². The number of para-hydroxylation sites is 1. The Morgan fingerprint density at radius 1 is 1.32 bits per heavy atom. The zero-order valence-corrected chi connectivity index (χ0v) is 11.4. The van der Waals surface area contributed by atoms with Gasteiger partial charge in [-0.15, -0.1) is 0 Å². The number of nitrogens with two attached hydrogens (primary N) is 1. The highest BCUT2D eigenvalue weighted by Crippen LogP contribution is 2.32. The van der Waals surface area contributed by atoms with Crippen molar-refractivity contribution < 1.29 is 9.59 Å². The fourth-order valence-corrected chi connectivity index (χ4v) is 2.25. The first-order valence-corrected chi connectivity index (χ1v) is 6.28. The van der Waals surface area contributed by atoms with Crippen molar-refractivity contribution in [3.63, 3.8) is 0 Å². The molecule has 1 heterocycles. The monoisotopic (exact) mass is 261 g/mol. The number of urea groups is 1. The van der Waals surface area contributed by atoms with Gasteiger partial charge in [0.1, 0.15) is 6.04 Å². The molecule has 0 aliphatic carbocycles. The van der Waals surface area contributed by atoms with Gasteiger partial charge in [0.25, 0.3) is 0 Å². The summed E-state index contributed by atoms with van der Waals surface area (Å²) in [4.78, 5) is 25.4. The van der Waals surface area contributed by atoms with Crippen LogP contribution in [0.2, 0.25) is 0 Å². The Labute approximate surface area is 112 Å². The Balaban J connectivity index is 2.34. The third-order valence-corrected chi connectivity index (χ3v) is 3.01. The van der Waals surface area contributed by atoms with E-state index in [1.165, 1.54) is 4.90 Å². The Hall–Kier alpha value is -2.04. The van der Waals surface area contributed by atoms with Crippen LogP contribution in [0.5, 0.6) is 0 Å². The lowest BCUT2D eigenvalue weighted by molar-refractivity contribution is -0.119. The first kappa shape index (κ1) is 13.4. The zero-order chi connectivity index (χ0) is 14.2. The smallest absolute Gasteiger partial charge is 0.323 e. The van der Waals surface area contributed by atoms with E-state index >= 15 is 0 Å². The summed E-state index contributed by atoms with van der Waals surface area (Å²) in [7, 11) is 0. The highest BCUT2D eigenvalue weighted by molar-refractivity contribution is 6.02. The van der Waals surface area contributed by atoms with E-state index < -0.39 is 11.9 Å². The fraction of sp³-hybridized carbons (Fsp3) is 0.429. The summed E-state index contributed by atoms with van der Waals surface area (Å²) in [5.74, 6) is -0.486. The minimum Gasteiger partial charge on any atom is -0.368 e. The molecule has 1 aromatic carbocycles. The number of fused-ring (bicyclic) bond motifs is 1. The van der Waals surface area contributed by atoms with Crippen LogP contribution >= 0.6 is 0 Å². The largest absolute Gasteiger partial charge is 0.368 e. The Bertz CT molecular complexity index is 520. The summed E-state index contributed by atoms with van der Waals surface area (Å²) < 4.78 is 0. The summed E-state index contributed by atoms with van der Waals surface area (Å²) >= 11 is 0. The van der Waals surface area contributed by atoms with Crippen LogP contribution in [0.15, 0.2) is 24.3 Å². The van der Waals surface area contributed by atoms with Crippen molar-refractivity contribution in [2.45, 2.75) is 38.8 Å². The summed E-state index contributed by atoms with van der Waals surface area (Å²) in [5, 5.41) is 2.87. The first-order chi connectivity index (χ1) is 8.79. The van der Waals surface area contributed by atoms with E-state index in [2.05, 4.69) is 5.32 Å². The van der Waals surface area contributed by atoms with Gasteiger partial charge in [-0.1, -0.05) is 18.2 Å². The number of amides is 3. The number of benzene rings is 1. The number of hydrogen-bond donors (Lipinski definition) is 2. The normalized spacial score (nSPS) is 18.1. The maximum absolute atomic E-state index is 12.3. The van der Waals surface area contributed by atoms with Crippen LogP contribution in [0.3, 0.4) is 0 Å². The van der Waals surface area contributed by atoms with Crippen molar-refractivity contribution in [2.75, 3.05) is 4.90 Å². The average molecular weight is 261 g/mol. The molecule has 5 heteroatoms. The Morgan fingerprint density at radius 2 is 1.95 bits per heavy atom. The van der Waals surface area contributed by atoms with Crippen LogP contribution in [-0.4, -0.2) is 23.5 Å². The Kier molecular flexibility index (Phi) is 3.22. The second kappa shape index (κ2) is 4.57. The Morgan fingerprint density at radius 3 is 2.53 bits per heavy atom. The molecule has 102 valence electrons. The van der Waals surface area contributed by atoms with Crippen molar-refractivity contribution in [3.05, 3.63) is 29.8 Å². The molecule has 0 bridgehead atoms. The lowest BCUT2D eigenvalue weighted by Crippen LogP contribution is -2.54. The number of carbonyl (C=O) groups excluding carboxylic acids is 2. The predicted molar refractivity (Wildman–Crippen MR) is 73.9 cm³/mol. The number of nitrogens with one attached hydrogen (secondary N) is 1. The fourth-order valence-electron chi connectivity index (χ4n) is 2.25. The van der Waals surface area contributed by atoms with Crippen molar-refractivity contribution in [1.82, 2.24) is 5.32 Å². The molecule has 3 amide bonds. The second-order valence-corrected chi connectivity index (χ2v) is 5.80. The van der Waals surface area contributed by atoms with Crippen molar-refractivity contribution >= 4 is 17.6 Å². The molecule has 1 aromatic rings. The van der Waals surface area contributed by atoms with Gasteiger partial charge < -0.3 is 11.1 Å². The molecule has 1 atom stereocenters. The number of primary amides is 1. The van der Waals surface area contributed by atoms with Gasteiger partial charge in [-0.05, 0) is 32.4 Å². The second-order valence-electron chi connectivity index (χ2n) is 5.80. The molecular weight excluding hydrogens is 242 g/mol. The molecule has 1 aliphatic rings. The quantitative estimate of drug-likeness (QED) is 0.802. The summed E-state index contributed by atoms with van der Waals surface area (Å²) in [5.41, 5.74) is 6.77. The van der Waals surface area contributed by atoms with E-state index in [9.17, 15) is 9.59 Å². The molecule has 0 spiro atoms. The molecular formula is C14H19N3O2. The van der Waals surface area contributed by atoms with Crippen LogP contribution in [0.25, 0.3) is 0 Å². The van der Waals surface area contributed by atoms with Gasteiger partial charge in [0.05, 0.1) is 0 Å². The predicted octanol–water partition coefficient (Wildman–Crippen LogP) is 1.41. The van der Waals surface area contributed by atoms with Crippen molar-refractivity contribution in [3.8, 4) is 0 Å². The third kappa shape index (κ3) is 2.70. The molecule has 0 radical (unpaired) electrons. The molecule has 0 saturated heterocycles. The van der Waals surface area contributed by atoms with Crippen molar-refractivity contribution in [1.29, 1.82) is 0 Å². The number of anilines is 1. The van der Waals surface area contributed by atoms with Crippen LogP contribution in [0, 0.1) is 0 Å². The zero-order valence-electron chi connectivity index (χ0n) is 11.4. The van der Waals surface area contributed by atoms with Gasteiger partial charge in [0.2, 0.25) is 5.91 Å². The van der Waals surface area contributed by atoms with E-state index in [0.29, 0.717) is 6.42 Å². The van der Waals surface area contributed by atoms with E-state index in [0.717, 1.165) is 11.3 Å². The minimum atomic E-state index is -0.611. The van der Waals surface area contributed by atoms with E-state index in [-0.39, 0.29) is 11.6 Å². The van der Waals surface area contributed by atoms with E-state index in [4.69, 9.17) is 5.73 Å². The maximum Gasteiger partial charge on any atom is 0.323 e. The van der Waals surface area contributed by atoms with Gasteiger partial charge in [0, 0.05) is 17.6 Å². The lowest BCUT2D eigenvalue weighted by Gasteiger charge is -2.28. The van der Waals surface area contributed by atoms with Crippen LogP contribution in [0.4, 0.5) is 10.5 Å². The molecule has 19 heavy (non-hydrogen) atoms. The summed E-state index contributed by atoms with van der Waals surface area (Å²) in [6.07, 6.45) is 0.475. The number of rotatable bonds is 1. The average Bonchev–Trinajstić information content (AvgIpc) is 2.65. The minimum absolute atomic E-state index is 0.291. The molecule has 0 aromatic heterocycles. The highest BCUT2D eigenvalue weighted by Gasteiger charge is 2.37. The van der Waals surface area contributed by atoms with Gasteiger partial charge in [-0.25, -0.2) is 4.79 Å². The summed E-state index contributed by atoms with van der Waals surface area (Å²) in [6, 6.07) is 6.58. The van der Waals surface area contributed by atoms with Gasteiger partial charge in [-0.2, -0.15) is 0 Å². The molecule has 2 rings (SSSR count). The van der Waals surface area contributed by atoms with Crippen LogP contribution in [0.1, 0.15) is 26.3 Å². The molecule has 1 unspecified atom stereocenters. The van der Waals surface area contributed by atoms with Crippen molar-refractivity contribution in [2.24, 2.45) is 5.73 Å². The maximum atomic E-state index is 12.3. The number of nitrogens with zero attached hydrogens (tertiary/aromatic N) is 1. The number of hydrogen-bond acceptors (Lipinski definition) is 2. The highest BCUT2D eigenvalue weighted by atomic mass is 16.2. The van der Waals surface area contributed by atoms with E-state index in [1.807, 2.05) is 45.0 Å². The molecule has 5 nitrogen and oxygen atoms in total. The first-order valence-electron chi connectivity index (χ1n) is 6.28. The summed E-state index contributed by atoms with van der Waals surface area (Å²) in [6.45, 7) is 5.68. The topological polar surface area (TPSA) is 75.4 Å². The molecule has 0 fully saturated rings. The molecule has 1 aliphatic heterocycles. The SMILES string of the molecule is CC(C)(C)NC(=O)N1c2ccccc2CC1C(N)=O. The van der Waals surface area contributed by atoms with Gasteiger partial charge >= 0.3 is 6.03 Å². The third-order valence-electron chi connectivity index (χ3n) is 3.01. The molecule has 3 N–H and O–H groups in total. The van der Waals surface area contributed by atoms with Gasteiger partial charge in [0.15, 0.2) is 0 Å². The molecule has 0 saturated carbocycles.